The second-order valence-electron chi connectivity index (χ2n) is 18.7. The maximum atomic E-state index is 14.5. The van der Waals surface area contributed by atoms with Crippen molar-refractivity contribution in [2.24, 2.45) is 17.1 Å². The van der Waals surface area contributed by atoms with E-state index in [9.17, 15) is 58.2 Å². The number of nitrogens with two attached hydrogens (primary N) is 1. The van der Waals surface area contributed by atoms with Crippen LogP contribution in [-0.2, 0) is 60.8 Å². The van der Waals surface area contributed by atoms with E-state index in [0.717, 1.165) is 16.3 Å². The zero-order valence-electron chi connectivity index (χ0n) is 40.3. The Morgan fingerprint density at radius 1 is 0.623 bits per heavy atom. The Kier molecular flexibility index (Phi) is 21.5. The topological polar surface area (TPSA) is 309 Å². The van der Waals surface area contributed by atoms with Crippen molar-refractivity contribution in [3.05, 3.63) is 83.4 Å². The normalized spacial score (nSPS) is 13.9. The first-order valence-electron chi connectivity index (χ1n) is 23.0. The van der Waals surface area contributed by atoms with E-state index in [1.807, 2.05) is 37.3 Å². The number of carbonyl (C=O) groups is 10. The monoisotopic (exact) mass is 957 g/mol. The van der Waals surface area contributed by atoms with Crippen molar-refractivity contribution in [2.75, 3.05) is 0 Å². The summed E-state index contributed by atoms with van der Waals surface area (Å²) < 4.78 is 0. The Morgan fingerprint density at radius 2 is 1.19 bits per heavy atom. The molecular formula is C50H67N7O12. The van der Waals surface area contributed by atoms with Gasteiger partial charge in [-0.15, -0.1) is 0 Å². The molecule has 0 aliphatic heterocycles. The number of hydrogen-bond acceptors (Lipinski definition) is 10. The van der Waals surface area contributed by atoms with E-state index in [1.54, 1.807) is 77.9 Å². The van der Waals surface area contributed by atoms with Gasteiger partial charge in [0.05, 0.1) is 18.9 Å². The molecule has 0 bridgehead atoms. The van der Waals surface area contributed by atoms with Crippen LogP contribution in [0.15, 0.2) is 66.7 Å². The largest absolute Gasteiger partial charge is 0.481 e. The number of hydrogen-bond donors (Lipinski definition) is 9. The molecule has 69 heavy (non-hydrogen) atoms. The van der Waals surface area contributed by atoms with Crippen molar-refractivity contribution in [3.63, 3.8) is 0 Å². The summed E-state index contributed by atoms with van der Waals surface area (Å²) in [6.45, 7) is 12.2. The van der Waals surface area contributed by atoms with Gasteiger partial charge in [-0.25, -0.2) is 0 Å². The summed E-state index contributed by atoms with van der Waals surface area (Å²) in [4.78, 5) is 132. The number of primary amides is 1. The number of benzene rings is 3. The zero-order chi connectivity index (χ0) is 51.6. The second-order valence-corrected chi connectivity index (χ2v) is 18.7. The number of carboxylic acids is 2. The Morgan fingerprint density at radius 3 is 1.78 bits per heavy atom. The van der Waals surface area contributed by atoms with Crippen LogP contribution in [0.25, 0.3) is 10.8 Å². The number of aryl methyl sites for hydroxylation is 1. The minimum atomic E-state index is -1.69. The van der Waals surface area contributed by atoms with Crippen LogP contribution in [-0.4, -0.2) is 106 Å². The molecule has 0 saturated carbocycles. The van der Waals surface area contributed by atoms with Gasteiger partial charge < -0.3 is 47.8 Å². The molecule has 3 aromatic carbocycles. The maximum Gasteiger partial charge on any atom is 0.305 e. The zero-order valence-corrected chi connectivity index (χ0v) is 40.3. The third-order valence-electron chi connectivity index (χ3n) is 11.3. The first kappa shape index (κ1) is 56.1. The molecule has 10 N–H and O–H groups in total. The van der Waals surface area contributed by atoms with E-state index in [2.05, 4.69) is 31.9 Å². The molecular weight excluding hydrogens is 891 g/mol. The van der Waals surface area contributed by atoms with Gasteiger partial charge in [0.1, 0.15) is 30.2 Å². The fraction of sp³-hybridized carbons (Fsp3) is 0.480. The highest BCUT2D eigenvalue weighted by molar-refractivity contribution is 6.37. The van der Waals surface area contributed by atoms with Crippen LogP contribution in [0, 0.1) is 18.3 Å². The number of carbonyl (C=O) groups excluding carboxylic acids is 8. The molecule has 0 spiro atoms. The fourth-order valence-corrected chi connectivity index (χ4v) is 7.51. The second kappa shape index (κ2) is 26.4. The molecule has 0 aromatic heterocycles. The van der Waals surface area contributed by atoms with E-state index in [4.69, 9.17) is 5.73 Å². The first-order chi connectivity index (χ1) is 32.4. The fourth-order valence-electron chi connectivity index (χ4n) is 7.51. The number of Topliss-reactive ketones (excluding diaryl/α,β-unsaturated/α-hetero) is 1. The highest BCUT2D eigenvalue weighted by Gasteiger charge is 2.39. The smallest absolute Gasteiger partial charge is 0.305 e. The van der Waals surface area contributed by atoms with Crippen LogP contribution in [0.4, 0.5) is 0 Å². The number of ketones is 1. The molecule has 0 aliphatic rings. The molecule has 0 aliphatic carbocycles. The Hall–Kier alpha value is -7.18. The molecule has 6 atom stereocenters. The average molecular weight is 958 g/mol. The van der Waals surface area contributed by atoms with Crippen molar-refractivity contribution < 1.29 is 58.2 Å². The molecule has 0 saturated heterocycles. The van der Waals surface area contributed by atoms with Gasteiger partial charge >= 0.3 is 11.9 Å². The Bertz CT molecular complexity index is 2360. The molecule has 3 aromatic rings. The lowest BCUT2D eigenvalue weighted by molar-refractivity contribution is -0.141. The number of rotatable bonds is 27. The predicted molar refractivity (Wildman–Crippen MR) is 256 cm³/mol. The number of aliphatic carboxylic acids is 2. The summed E-state index contributed by atoms with van der Waals surface area (Å²) in [5.41, 5.74) is 6.14. The molecule has 0 heterocycles. The van der Waals surface area contributed by atoms with Crippen LogP contribution in [0.2, 0.25) is 0 Å². The lowest BCUT2D eigenvalue weighted by Crippen LogP contribution is -2.62. The SMILES string of the molecule is CCCCC(NC(=O)[C@H](CC(C)C)NC(=O)[C@@H](NC(=O)[C@H](Cc1ccccc1C)NC(=O)[C@H](CCC(=O)O)NC(=O)[C@H](CC(=O)O)NC(=O)Cc1ccc2ccccc2c1)C(C)(C)C)C(=O)C(N)=O. The summed E-state index contributed by atoms with van der Waals surface area (Å²) in [6.07, 6.45) is -1.02. The van der Waals surface area contributed by atoms with Gasteiger partial charge in [-0.2, -0.15) is 0 Å². The maximum absolute atomic E-state index is 14.5. The molecule has 0 fully saturated rings. The van der Waals surface area contributed by atoms with Gasteiger partial charge in [0.15, 0.2) is 0 Å². The lowest BCUT2D eigenvalue weighted by Gasteiger charge is -2.34. The third kappa shape index (κ3) is 18.4. The third-order valence-corrected chi connectivity index (χ3v) is 11.3. The Balaban J connectivity index is 1.92. The highest BCUT2D eigenvalue weighted by atomic mass is 16.4. The van der Waals surface area contributed by atoms with Crippen LogP contribution in [0.3, 0.4) is 0 Å². The van der Waals surface area contributed by atoms with E-state index >= 15 is 0 Å². The highest BCUT2D eigenvalue weighted by Crippen LogP contribution is 2.22. The van der Waals surface area contributed by atoms with Crippen molar-refractivity contribution >= 4 is 69.8 Å². The summed E-state index contributed by atoms with van der Waals surface area (Å²) >= 11 is 0. The predicted octanol–water partition coefficient (Wildman–Crippen LogP) is 2.52. The quantitative estimate of drug-likeness (QED) is 0.0498. The number of carboxylic acid groups (broad SMARTS) is 2. The summed E-state index contributed by atoms with van der Waals surface area (Å²) in [7, 11) is 0. The first-order valence-corrected chi connectivity index (χ1v) is 23.0. The van der Waals surface area contributed by atoms with Crippen molar-refractivity contribution in [3.8, 4) is 0 Å². The van der Waals surface area contributed by atoms with Crippen molar-refractivity contribution in [2.45, 2.75) is 143 Å². The summed E-state index contributed by atoms with van der Waals surface area (Å²) in [5.74, 6) is -10.4. The van der Waals surface area contributed by atoms with Gasteiger partial charge in [0.25, 0.3) is 5.91 Å². The van der Waals surface area contributed by atoms with E-state index in [0.29, 0.717) is 24.0 Å². The molecule has 19 heteroatoms. The van der Waals surface area contributed by atoms with Crippen LogP contribution in [0.1, 0.15) is 103 Å². The Labute approximate surface area is 401 Å². The molecule has 1 unspecified atom stereocenters. The van der Waals surface area contributed by atoms with E-state index < -0.39 is 120 Å². The van der Waals surface area contributed by atoms with Crippen molar-refractivity contribution in [1.82, 2.24) is 31.9 Å². The molecule has 0 radical (unpaired) electrons. The lowest BCUT2D eigenvalue weighted by atomic mass is 9.85. The summed E-state index contributed by atoms with van der Waals surface area (Å²) in [5, 5.41) is 36.4. The van der Waals surface area contributed by atoms with Crippen LogP contribution in [0.5, 0.6) is 0 Å². The number of amides is 7. The molecule has 7 amide bonds. The van der Waals surface area contributed by atoms with Gasteiger partial charge in [0, 0.05) is 12.8 Å². The number of nitrogens with one attached hydrogen (secondary N) is 6. The van der Waals surface area contributed by atoms with E-state index in [-0.39, 0.29) is 31.6 Å². The molecule has 374 valence electrons. The minimum absolute atomic E-state index is 0.102. The van der Waals surface area contributed by atoms with Crippen LogP contribution < -0.4 is 37.6 Å². The van der Waals surface area contributed by atoms with Crippen molar-refractivity contribution in [1.29, 1.82) is 0 Å². The molecule has 19 nitrogen and oxygen atoms in total. The minimum Gasteiger partial charge on any atom is -0.481 e. The van der Waals surface area contributed by atoms with Gasteiger partial charge in [-0.1, -0.05) is 121 Å². The standard InChI is InChI=1S/C50H67N7O12/c1-8-9-18-34(42(63)44(51)64)53-46(66)36(23-28(2)3)56-49(69)43(50(5,6)7)57-48(68)37(26-32-16-11-10-14-29(32)4)55-45(65)35(21-22-40(59)60)54-47(67)38(27-41(61)62)52-39(58)25-30-19-20-31-15-12-13-17-33(31)24-30/h10-17,19-20,24,28,34-38,43H,8-9,18,21-23,25-27H2,1-7H3,(H2,51,64)(H,52,58)(H,53,66)(H,54,67)(H,55,65)(H,56,69)(H,57,68)(H,59,60)(H,61,62)/t34?,35-,36-,37-,38-,43+/m0/s1. The van der Waals surface area contributed by atoms with E-state index in [1.165, 1.54) is 0 Å². The summed E-state index contributed by atoms with van der Waals surface area (Å²) in [6, 6.07) is 11.1. The van der Waals surface area contributed by atoms with Gasteiger partial charge in [-0.3, -0.25) is 47.9 Å². The van der Waals surface area contributed by atoms with Crippen LogP contribution >= 0.6 is 0 Å². The van der Waals surface area contributed by atoms with Gasteiger partial charge in [0.2, 0.25) is 41.2 Å². The number of unbranched alkanes of at least 4 members (excludes halogenated alkanes) is 1. The number of fused-ring (bicyclic) bond motifs is 1. The molecule has 3 rings (SSSR count). The average Bonchev–Trinajstić information content (AvgIpc) is 3.26. The van der Waals surface area contributed by atoms with Gasteiger partial charge in [-0.05, 0) is 65.0 Å².